The number of hydrogen-bond donors (Lipinski definition) is 1. The lowest BCUT2D eigenvalue weighted by Gasteiger charge is -2.09. The Kier molecular flexibility index (Phi) is 7.11. The Morgan fingerprint density at radius 3 is 2.62 bits per heavy atom. The van der Waals surface area contributed by atoms with Crippen molar-refractivity contribution in [3.63, 3.8) is 0 Å². The fourth-order valence-corrected chi connectivity index (χ4v) is 3.29. The molecule has 0 atom stereocenters. The number of carbonyl (C=O) groups excluding carboxylic acids is 1. The van der Waals surface area contributed by atoms with E-state index < -0.39 is 0 Å². The van der Waals surface area contributed by atoms with Crippen molar-refractivity contribution < 1.29 is 9.53 Å². The molecular weight excluding hydrogens is 410 g/mol. The van der Waals surface area contributed by atoms with Crippen LogP contribution in [-0.4, -0.2) is 31.4 Å². The third kappa shape index (κ3) is 5.95. The molecule has 0 saturated carbocycles. The van der Waals surface area contributed by atoms with E-state index in [0.29, 0.717) is 34.3 Å². The van der Waals surface area contributed by atoms with Gasteiger partial charge in [-0.05, 0) is 35.7 Å². The number of carbonyl (C=O) groups is 1. The van der Waals surface area contributed by atoms with E-state index in [2.05, 4.69) is 46.5 Å². The van der Waals surface area contributed by atoms with Crippen LogP contribution in [0.4, 0.5) is 5.82 Å². The van der Waals surface area contributed by atoms with Crippen LogP contribution < -0.4 is 10.1 Å². The molecule has 152 valence electrons. The largest absolute Gasteiger partial charge is 0.486 e. The zero-order valence-electron chi connectivity index (χ0n) is 16.4. The lowest BCUT2D eigenvalue weighted by atomic mass is 10.0. The summed E-state index contributed by atoms with van der Waals surface area (Å²) in [5.74, 6) is 2.40. The van der Waals surface area contributed by atoms with E-state index in [0.717, 1.165) is 5.75 Å². The second kappa shape index (κ2) is 9.76. The van der Waals surface area contributed by atoms with Crippen LogP contribution in [-0.2, 0) is 18.4 Å². The van der Waals surface area contributed by atoms with Gasteiger partial charge in [-0.15, -0.1) is 10.2 Å². The Balaban J connectivity index is 1.50. The van der Waals surface area contributed by atoms with Gasteiger partial charge < -0.3 is 14.6 Å². The topological polar surface area (TPSA) is 81.9 Å². The number of aromatic nitrogens is 4. The number of pyridine rings is 1. The second-order valence-electron chi connectivity index (χ2n) is 6.67. The number of anilines is 1. The maximum Gasteiger partial charge on any atom is 0.236 e. The zero-order chi connectivity index (χ0) is 20.8. The summed E-state index contributed by atoms with van der Waals surface area (Å²) in [5, 5.41) is 12.2. The van der Waals surface area contributed by atoms with Crippen molar-refractivity contribution in [2.75, 3.05) is 11.1 Å². The highest BCUT2D eigenvalue weighted by Crippen LogP contribution is 2.20. The molecule has 3 aromatic rings. The fourth-order valence-electron chi connectivity index (χ4n) is 2.45. The Labute approximate surface area is 178 Å². The van der Waals surface area contributed by atoms with Gasteiger partial charge in [-0.2, -0.15) is 0 Å². The number of nitrogens with zero attached hydrogens (tertiary/aromatic N) is 4. The summed E-state index contributed by atoms with van der Waals surface area (Å²) in [5.41, 5.74) is 1.27. The molecule has 9 heteroatoms. The highest BCUT2D eigenvalue weighted by Gasteiger charge is 2.12. The van der Waals surface area contributed by atoms with Crippen molar-refractivity contribution in [1.82, 2.24) is 19.7 Å². The van der Waals surface area contributed by atoms with E-state index in [1.165, 1.54) is 23.5 Å². The molecular formula is C20H22ClN5O2S. The number of rotatable bonds is 8. The van der Waals surface area contributed by atoms with Gasteiger partial charge in [0.05, 0.1) is 10.8 Å². The molecule has 0 spiro atoms. The van der Waals surface area contributed by atoms with Gasteiger partial charge in [-0.3, -0.25) is 4.79 Å². The molecule has 2 aromatic heterocycles. The van der Waals surface area contributed by atoms with Crippen LogP contribution in [0.5, 0.6) is 5.75 Å². The van der Waals surface area contributed by atoms with Gasteiger partial charge in [0.15, 0.2) is 11.0 Å². The van der Waals surface area contributed by atoms with E-state index in [9.17, 15) is 4.79 Å². The predicted octanol–water partition coefficient (Wildman–Crippen LogP) is 4.30. The van der Waals surface area contributed by atoms with Gasteiger partial charge in [0.25, 0.3) is 0 Å². The molecule has 1 aromatic carbocycles. The molecule has 0 unspecified atom stereocenters. The molecule has 0 radical (unpaired) electrons. The molecule has 3 rings (SSSR count). The van der Waals surface area contributed by atoms with Crippen LogP contribution in [0.1, 0.15) is 31.2 Å². The number of benzene rings is 1. The summed E-state index contributed by atoms with van der Waals surface area (Å²) in [7, 11) is 1.85. The molecule has 29 heavy (non-hydrogen) atoms. The van der Waals surface area contributed by atoms with E-state index in [1.807, 2.05) is 23.7 Å². The van der Waals surface area contributed by atoms with Crippen molar-refractivity contribution in [2.45, 2.75) is 31.5 Å². The molecule has 2 heterocycles. The third-order valence-corrected chi connectivity index (χ3v) is 5.41. The van der Waals surface area contributed by atoms with Crippen molar-refractivity contribution >= 4 is 35.1 Å². The number of amides is 1. The average Bonchev–Trinajstić information content (AvgIpc) is 3.06. The zero-order valence-corrected chi connectivity index (χ0v) is 18.0. The Hall–Kier alpha value is -2.58. The second-order valence-corrected chi connectivity index (χ2v) is 8.05. The molecule has 1 amide bonds. The van der Waals surface area contributed by atoms with Crippen molar-refractivity contribution in [3.8, 4) is 5.75 Å². The maximum atomic E-state index is 12.1. The Bertz CT molecular complexity index is 958. The first kappa shape index (κ1) is 21.1. The van der Waals surface area contributed by atoms with Gasteiger partial charge in [-0.1, -0.05) is 49.3 Å². The smallest absolute Gasteiger partial charge is 0.236 e. The summed E-state index contributed by atoms with van der Waals surface area (Å²) in [6.07, 6.45) is 1.48. The first-order valence-electron chi connectivity index (χ1n) is 9.07. The lowest BCUT2D eigenvalue weighted by molar-refractivity contribution is -0.113. The molecule has 0 bridgehead atoms. The standard InChI is InChI=1S/C20H22ClN5O2S/c1-13(2)14-4-7-16(8-5-14)28-11-18-24-25-20(26(18)3)29-12-19(27)23-17-9-6-15(21)10-22-17/h4-10,13H,11-12H2,1-3H3,(H,22,23,27). The van der Waals surface area contributed by atoms with Crippen LogP contribution in [0.15, 0.2) is 47.8 Å². The molecule has 0 saturated heterocycles. The SMILES string of the molecule is CC(C)c1ccc(OCc2nnc(SCC(=O)Nc3ccc(Cl)cn3)n2C)cc1. The van der Waals surface area contributed by atoms with Crippen LogP contribution in [0.25, 0.3) is 0 Å². The minimum Gasteiger partial charge on any atom is -0.486 e. The van der Waals surface area contributed by atoms with Crippen molar-refractivity contribution in [1.29, 1.82) is 0 Å². The summed E-state index contributed by atoms with van der Waals surface area (Å²) in [6, 6.07) is 11.4. The number of ether oxygens (including phenoxy) is 1. The molecule has 7 nitrogen and oxygen atoms in total. The summed E-state index contributed by atoms with van der Waals surface area (Å²) in [4.78, 5) is 16.1. The van der Waals surface area contributed by atoms with E-state index in [-0.39, 0.29) is 11.7 Å². The van der Waals surface area contributed by atoms with Crippen molar-refractivity contribution in [3.05, 3.63) is 59.0 Å². The van der Waals surface area contributed by atoms with Gasteiger partial charge in [-0.25, -0.2) is 4.98 Å². The van der Waals surface area contributed by atoms with Gasteiger partial charge in [0, 0.05) is 13.2 Å². The maximum absolute atomic E-state index is 12.1. The van der Waals surface area contributed by atoms with E-state index >= 15 is 0 Å². The van der Waals surface area contributed by atoms with E-state index in [1.54, 1.807) is 12.1 Å². The quantitative estimate of drug-likeness (QED) is 0.535. The van der Waals surface area contributed by atoms with Gasteiger partial charge in [0.2, 0.25) is 5.91 Å². The predicted molar refractivity (Wildman–Crippen MR) is 114 cm³/mol. The van der Waals surface area contributed by atoms with Crippen molar-refractivity contribution in [2.24, 2.45) is 7.05 Å². The molecule has 0 aliphatic heterocycles. The van der Waals surface area contributed by atoms with E-state index in [4.69, 9.17) is 16.3 Å². The summed E-state index contributed by atoms with van der Waals surface area (Å²) < 4.78 is 7.62. The number of halogens is 1. The average molecular weight is 432 g/mol. The number of nitrogens with one attached hydrogen (secondary N) is 1. The van der Waals surface area contributed by atoms with Crippen LogP contribution in [0.2, 0.25) is 5.02 Å². The molecule has 0 aliphatic rings. The molecule has 0 fully saturated rings. The van der Waals surface area contributed by atoms with Crippen LogP contribution in [0, 0.1) is 0 Å². The first-order valence-corrected chi connectivity index (χ1v) is 10.4. The number of thioether (sulfide) groups is 1. The third-order valence-electron chi connectivity index (χ3n) is 4.17. The lowest BCUT2D eigenvalue weighted by Crippen LogP contribution is -2.15. The summed E-state index contributed by atoms with van der Waals surface area (Å²) >= 11 is 7.08. The first-order chi connectivity index (χ1) is 13.9. The van der Waals surface area contributed by atoms with Crippen LogP contribution >= 0.6 is 23.4 Å². The number of hydrogen-bond acceptors (Lipinski definition) is 6. The Morgan fingerprint density at radius 2 is 1.97 bits per heavy atom. The normalized spacial score (nSPS) is 10.9. The van der Waals surface area contributed by atoms with Crippen LogP contribution in [0.3, 0.4) is 0 Å². The van der Waals surface area contributed by atoms with Gasteiger partial charge in [0.1, 0.15) is 18.2 Å². The highest BCUT2D eigenvalue weighted by molar-refractivity contribution is 7.99. The molecule has 1 N–H and O–H groups in total. The minimum atomic E-state index is -0.184. The minimum absolute atomic E-state index is 0.184. The monoisotopic (exact) mass is 431 g/mol. The molecule has 0 aliphatic carbocycles. The Morgan fingerprint density at radius 1 is 1.21 bits per heavy atom. The highest BCUT2D eigenvalue weighted by atomic mass is 35.5. The van der Waals surface area contributed by atoms with Gasteiger partial charge >= 0.3 is 0 Å². The summed E-state index contributed by atoms with van der Waals surface area (Å²) in [6.45, 7) is 4.60. The fraction of sp³-hybridized carbons (Fsp3) is 0.300.